The molecule has 0 aliphatic rings. The van der Waals surface area contributed by atoms with E-state index in [0.29, 0.717) is 17.9 Å². The van der Waals surface area contributed by atoms with Crippen LogP contribution in [0.15, 0.2) is 42.5 Å². The van der Waals surface area contributed by atoms with Crippen molar-refractivity contribution in [2.45, 2.75) is 33.7 Å². The minimum absolute atomic E-state index is 0.0524. The summed E-state index contributed by atoms with van der Waals surface area (Å²) in [5, 5.41) is 5.22. The van der Waals surface area contributed by atoms with Gasteiger partial charge in [0.1, 0.15) is 11.3 Å². The van der Waals surface area contributed by atoms with Crippen molar-refractivity contribution in [1.29, 1.82) is 0 Å². The Kier molecular flexibility index (Phi) is 4.92. The Morgan fingerprint density at radius 1 is 1.07 bits per heavy atom. The molecule has 0 fully saturated rings. The van der Waals surface area contributed by atoms with Gasteiger partial charge in [0.15, 0.2) is 5.82 Å². The zero-order valence-corrected chi connectivity index (χ0v) is 17.0. The fraction of sp³-hybridized carbons (Fsp3) is 0.261. The first-order valence-corrected chi connectivity index (χ1v) is 9.82. The van der Waals surface area contributed by atoms with Crippen molar-refractivity contribution in [1.82, 2.24) is 19.9 Å². The summed E-state index contributed by atoms with van der Waals surface area (Å²) in [5.41, 5.74) is 10.5. The van der Waals surface area contributed by atoms with Crippen LogP contribution in [-0.2, 0) is 6.54 Å². The lowest BCUT2D eigenvalue weighted by Crippen LogP contribution is -2.25. The van der Waals surface area contributed by atoms with Gasteiger partial charge in [0.05, 0.1) is 5.52 Å². The van der Waals surface area contributed by atoms with Crippen molar-refractivity contribution in [3.05, 3.63) is 65.1 Å². The Morgan fingerprint density at radius 2 is 1.83 bits per heavy atom. The fourth-order valence-electron chi connectivity index (χ4n) is 3.76. The molecular formula is C23H25N5O. The van der Waals surface area contributed by atoms with Crippen LogP contribution in [0.5, 0.6) is 0 Å². The number of carbonyl (C=O) groups is 1. The number of aryl methyl sites for hydroxylation is 4. The third-order valence-electron chi connectivity index (χ3n) is 5.44. The lowest BCUT2D eigenvalue weighted by atomic mass is 10.1. The molecule has 3 N–H and O–H groups in total. The molecule has 0 saturated carbocycles. The van der Waals surface area contributed by atoms with Crippen LogP contribution in [0, 0.1) is 20.8 Å². The van der Waals surface area contributed by atoms with Crippen molar-refractivity contribution in [3.63, 3.8) is 0 Å². The standard InChI is InChI=1S/C23H25N5O/c1-14-15(2)26-22(24)20-21(14)28(16(3)27-20)12-6-11-25-23(29)19-10-9-17-7-4-5-8-18(17)13-19/h4-5,7-10,13H,6,11-12H2,1-3H3,(H2,24,26)(H,25,29). The van der Waals surface area contributed by atoms with E-state index >= 15 is 0 Å². The van der Waals surface area contributed by atoms with Gasteiger partial charge in [-0.15, -0.1) is 0 Å². The summed E-state index contributed by atoms with van der Waals surface area (Å²) in [6.07, 6.45) is 0.798. The third kappa shape index (κ3) is 3.53. The van der Waals surface area contributed by atoms with E-state index in [2.05, 4.69) is 19.9 Å². The van der Waals surface area contributed by atoms with E-state index in [0.717, 1.165) is 51.9 Å². The molecule has 4 rings (SSSR count). The second-order valence-corrected chi connectivity index (χ2v) is 7.39. The lowest BCUT2D eigenvalue weighted by molar-refractivity contribution is 0.0953. The quantitative estimate of drug-likeness (QED) is 0.508. The van der Waals surface area contributed by atoms with E-state index in [4.69, 9.17) is 5.73 Å². The van der Waals surface area contributed by atoms with Gasteiger partial charge in [-0.3, -0.25) is 4.79 Å². The number of aromatic nitrogens is 3. The number of anilines is 1. The Bertz CT molecular complexity index is 1230. The van der Waals surface area contributed by atoms with Crippen LogP contribution in [0.25, 0.3) is 21.8 Å². The number of nitrogens with zero attached hydrogens (tertiary/aromatic N) is 3. The van der Waals surface area contributed by atoms with Gasteiger partial charge in [0, 0.05) is 24.3 Å². The van der Waals surface area contributed by atoms with Crippen LogP contribution in [0.4, 0.5) is 5.82 Å². The minimum atomic E-state index is -0.0524. The van der Waals surface area contributed by atoms with E-state index in [1.807, 2.05) is 63.2 Å². The molecule has 4 aromatic rings. The molecule has 1 amide bonds. The number of imidazole rings is 1. The maximum absolute atomic E-state index is 12.5. The average molecular weight is 387 g/mol. The Hall–Kier alpha value is -3.41. The predicted octanol–water partition coefficient (Wildman–Crippen LogP) is 3.91. The van der Waals surface area contributed by atoms with Crippen molar-refractivity contribution in [3.8, 4) is 0 Å². The van der Waals surface area contributed by atoms with Crippen molar-refractivity contribution >= 4 is 33.5 Å². The molecule has 0 saturated heterocycles. The van der Waals surface area contributed by atoms with Gasteiger partial charge in [0.25, 0.3) is 5.91 Å². The number of rotatable bonds is 5. The van der Waals surface area contributed by atoms with Crippen LogP contribution in [0.2, 0.25) is 0 Å². The molecule has 0 aliphatic heterocycles. The van der Waals surface area contributed by atoms with Gasteiger partial charge in [-0.1, -0.05) is 30.3 Å². The number of carbonyl (C=O) groups excluding carboxylic acids is 1. The SMILES string of the molecule is Cc1nc(N)c2nc(C)n(CCCNC(=O)c3ccc4ccccc4c3)c2c1C. The molecule has 6 heteroatoms. The largest absolute Gasteiger partial charge is 0.382 e. The second kappa shape index (κ2) is 7.54. The van der Waals surface area contributed by atoms with E-state index in [-0.39, 0.29) is 5.91 Å². The monoisotopic (exact) mass is 387 g/mol. The van der Waals surface area contributed by atoms with Crippen molar-refractivity contribution in [2.75, 3.05) is 12.3 Å². The number of benzene rings is 2. The Balaban J connectivity index is 1.44. The van der Waals surface area contributed by atoms with E-state index in [1.54, 1.807) is 0 Å². The summed E-state index contributed by atoms with van der Waals surface area (Å²) in [6.45, 7) is 7.32. The summed E-state index contributed by atoms with van der Waals surface area (Å²) in [4.78, 5) is 21.5. The average Bonchev–Trinajstić information content (AvgIpc) is 3.06. The molecule has 2 aromatic heterocycles. The lowest BCUT2D eigenvalue weighted by Gasteiger charge is -2.11. The molecule has 0 aliphatic carbocycles. The van der Waals surface area contributed by atoms with Crippen LogP contribution in [0.1, 0.15) is 33.9 Å². The molecule has 29 heavy (non-hydrogen) atoms. The molecule has 0 unspecified atom stereocenters. The number of nitrogens with one attached hydrogen (secondary N) is 1. The number of amides is 1. The van der Waals surface area contributed by atoms with Gasteiger partial charge >= 0.3 is 0 Å². The van der Waals surface area contributed by atoms with E-state index < -0.39 is 0 Å². The molecular weight excluding hydrogens is 362 g/mol. The highest BCUT2D eigenvalue weighted by molar-refractivity contribution is 5.98. The number of hydrogen-bond donors (Lipinski definition) is 2. The van der Waals surface area contributed by atoms with Gasteiger partial charge < -0.3 is 15.6 Å². The van der Waals surface area contributed by atoms with Crippen LogP contribution < -0.4 is 11.1 Å². The zero-order valence-electron chi connectivity index (χ0n) is 17.0. The third-order valence-corrected chi connectivity index (χ3v) is 5.44. The first-order chi connectivity index (χ1) is 14.0. The number of fused-ring (bicyclic) bond motifs is 2. The predicted molar refractivity (Wildman–Crippen MR) is 117 cm³/mol. The normalized spacial score (nSPS) is 11.3. The van der Waals surface area contributed by atoms with E-state index in [9.17, 15) is 4.79 Å². The minimum Gasteiger partial charge on any atom is -0.382 e. The summed E-state index contributed by atoms with van der Waals surface area (Å²) >= 11 is 0. The maximum Gasteiger partial charge on any atom is 0.251 e. The van der Waals surface area contributed by atoms with Gasteiger partial charge in [-0.05, 0) is 55.7 Å². The highest BCUT2D eigenvalue weighted by Gasteiger charge is 2.15. The molecule has 0 spiro atoms. The highest BCUT2D eigenvalue weighted by atomic mass is 16.1. The molecule has 0 atom stereocenters. The Labute approximate surface area is 169 Å². The Morgan fingerprint density at radius 3 is 2.62 bits per heavy atom. The smallest absolute Gasteiger partial charge is 0.251 e. The van der Waals surface area contributed by atoms with Crippen LogP contribution in [0.3, 0.4) is 0 Å². The second-order valence-electron chi connectivity index (χ2n) is 7.39. The number of pyridine rings is 1. The molecule has 2 aromatic carbocycles. The van der Waals surface area contributed by atoms with Crippen LogP contribution in [-0.4, -0.2) is 27.0 Å². The summed E-state index contributed by atoms with van der Waals surface area (Å²) < 4.78 is 2.16. The topological polar surface area (TPSA) is 85.8 Å². The van der Waals surface area contributed by atoms with Gasteiger partial charge in [-0.2, -0.15) is 0 Å². The van der Waals surface area contributed by atoms with E-state index in [1.165, 1.54) is 0 Å². The summed E-state index contributed by atoms with van der Waals surface area (Å²) in [5.74, 6) is 1.32. The fourth-order valence-corrected chi connectivity index (χ4v) is 3.76. The number of nitrogens with two attached hydrogens (primary N) is 1. The zero-order chi connectivity index (χ0) is 20.5. The summed E-state index contributed by atoms with van der Waals surface area (Å²) in [6, 6.07) is 13.8. The van der Waals surface area contributed by atoms with Gasteiger partial charge in [-0.25, -0.2) is 9.97 Å². The van der Waals surface area contributed by atoms with Gasteiger partial charge in [0.2, 0.25) is 0 Å². The summed E-state index contributed by atoms with van der Waals surface area (Å²) in [7, 11) is 0. The molecule has 6 nitrogen and oxygen atoms in total. The first kappa shape index (κ1) is 18.9. The number of hydrogen-bond acceptors (Lipinski definition) is 4. The first-order valence-electron chi connectivity index (χ1n) is 9.82. The van der Waals surface area contributed by atoms with Crippen molar-refractivity contribution in [2.24, 2.45) is 0 Å². The molecule has 2 heterocycles. The molecule has 0 bridgehead atoms. The highest BCUT2D eigenvalue weighted by Crippen LogP contribution is 2.25. The maximum atomic E-state index is 12.5. The van der Waals surface area contributed by atoms with Crippen LogP contribution >= 0.6 is 0 Å². The number of nitrogen functional groups attached to an aromatic ring is 1. The molecule has 0 radical (unpaired) electrons. The molecule has 148 valence electrons. The van der Waals surface area contributed by atoms with Crippen molar-refractivity contribution < 1.29 is 4.79 Å².